The summed E-state index contributed by atoms with van der Waals surface area (Å²) in [6.45, 7) is 4.08. The van der Waals surface area contributed by atoms with Crippen LogP contribution < -0.4 is 5.32 Å². The summed E-state index contributed by atoms with van der Waals surface area (Å²) in [6, 6.07) is 0. The minimum absolute atomic E-state index is 0.697. The first-order valence-corrected chi connectivity index (χ1v) is 4.64. The van der Waals surface area contributed by atoms with Crippen LogP contribution in [0, 0.1) is 17.8 Å². The summed E-state index contributed by atoms with van der Waals surface area (Å²) in [5.74, 6) is 6.61. The molecular weight excluding hydrogens is 158 g/mol. The Morgan fingerprint density at radius 2 is 2.08 bits per heavy atom. The maximum Gasteiger partial charge on any atom is 0.0202 e. The van der Waals surface area contributed by atoms with Gasteiger partial charge in [-0.05, 0) is 33.4 Å². The maximum atomic E-state index is 3.03. The van der Waals surface area contributed by atoms with Gasteiger partial charge in [0.2, 0.25) is 0 Å². The van der Waals surface area contributed by atoms with Crippen LogP contribution in [-0.2, 0) is 0 Å². The smallest absolute Gasteiger partial charge is 0.0202 e. The lowest BCUT2D eigenvalue weighted by Gasteiger charge is -2.06. The molecule has 0 bridgehead atoms. The van der Waals surface area contributed by atoms with E-state index in [2.05, 4.69) is 42.3 Å². The van der Waals surface area contributed by atoms with E-state index in [1.54, 1.807) is 0 Å². The summed E-state index contributed by atoms with van der Waals surface area (Å²) < 4.78 is 0. The van der Waals surface area contributed by atoms with Crippen molar-refractivity contribution in [3.63, 3.8) is 0 Å². The third kappa shape index (κ3) is 6.19. The Morgan fingerprint density at radius 1 is 1.46 bits per heavy atom. The Labute approximate surface area is 81.9 Å². The van der Waals surface area contributed by atoms with Gasteiger partial charge in [0.15, 0.2) is 0 Å². The van der Waals surface area contributed by atoms with Gasteiger partial charge >= 0.3 is 0 Å². The Bertz CT molecular complexity index is 238. The van der Waals surface area contributed by atoms with Crippen LogP contribution in [0.5, 0.6) is 0 Å². The highest BCUT2D eigenvalue weighted by Gasteiger charge is 1.99. The highest BCUT2D eigenvalue weighted by molar-refractivity contribution is 5.39. The molecule has 0 saturated carbocycles. The van der Waals surface area contributed by atoms with E-state index < -0.39 is 0 Å². The highest BCUT2D eigenvalue weighted by atomic mass is 14.7. The second-order valence-corrected chi connectivity index (χ2v) is 3.11. The van der Waals surface area contributed by atoms with Crippen molar-refractivity contribution in [3.8, 4) is 11.8 Å². The molecule has 1 nitrogen and oxygen atoms in total. The number of hydrogen-bond acceptors (Lipinski definition) is 1. The van der Waals surface area contributed by atoms with E-state index >= 15 is 0 Å². The fourth-order valence-electron chi connectivity index (χ4n) is 0.964. The van der Waals surface area contributed by atoms with Gasteiger partial charge in [-0.15, -0.1) is 5.92 Å². The molecule has 0 spiro atoms. The predicted octanol–water partition coefficient (Wildman–Crippen LogP) is 2.37. The molecule has 0 radical (unpaired) electrons. The Balaban J connectivity index is 0.000000424. The summed E-state index contributed by atoms with van der Waals surface area (Å²) in [6.07, 6.45) is 7.64. The van der Waals surface area contributed by atoms with Crippen LogP contribution in [0.15, 0.2) is 23.8 Å². The van der Waals surface area contributed by atoms with Gasteiger partial charge in [-0.25, -0.2) is 0 Å². The van der Waals surface area contributed by atoms with Crippen molar-refractivity contribution in [1.29, 1.82) is 0 Å². The molecule has 1 aliphatic rings. The van der Waals surface area contributed by atoms with E-state index in [0.717, 1.165) is 6.42 Å². The van der Waals surface area contributed by atoms with Crippen LogP contribution in [-0.4, -0.2) is 14.1 Å². The summed E-state index contributed by atoms with van der Waals surface area (Å²) in [4.78, 5) is 0. The van der Waals surface area contributed by atoms with Crippen molar-refractivity contribution in [2.75, 3.05) is 14.1 Å². The molecule has 0 aromatic rings. The third-order valence-corrected chi connectivity index (χ3v) is 1.58. The zero-order valence-corrected chi connectivity index (χ0v) is 9.02. The van der Waals surface area contributed by atoms with E-state index in [1.165, 1.54) is 5.57 Å². The third-order valence-electron chi connectivity index (χ3n) is 1.58. The van der Waals surface area contributed by atoms with Crippen molar-refractivity contribution in [2.24, 2.45) is 5.92 Å². The molecule has 1 rings (SSSR count). The first-order chi connectivity index (χ1) is 6.24. The average molecular weight is 177 g/mol. The van der Waals surface area contributed by atoms with E-state index in [0.29, 0.717) is 5.92 Å². The summed E-state index contributed by atoms with van der Waals surface area (Å²) in [7, 11) is 3.75. The van der Waals surface area contributed by atoms with Gasteiger partial charge in [0.1, 0.15) is 0 Å². The van der Waals surface area contributed by atoms with Gasteiger partial charge < -0.3 is 5.32 Å². The molecule has 0 fully saturated rings. The average Bonchev–Trinajstić information content (AvgIpc) is 2.11. The van der Waals surface area contributed by atoms with Crippen LogP contribution >= 0.6 is 0 Å². The lowest BCUT2D eigenvalue weighted by atomic mass is 9.99. The number of hydrogen-bond donors (Lipinski definition) is 1. The second kappa shape index (κ2) is 7.64. The first kappa shape index (κ1) is 12.0. The van der Waals surface area contributed by atoms with Gasteiger partial charge in [-0.3, -0.25) is 0 Å². The molecule has 0 aromatic heterocycles. The zero-order valence-electron chi connectivity index (χ0n) is 9.02. The normalized spacial score (nSPS) is 19.1. The van der Waals surface area contributed by atoms with Crippen LogP contribution in [0.3, 0.4) is 0 Å². The SMILES string of the molecule is CC#CC1=CCC(C)C=C1.CNC. The molecule has 0 amide bonds. The van der Waals surface area contributed by atoms with E-state index in [4.69, 9.17) is 0 Å². The van der Waals surface area contributed by atoms with Crippen LogP contribution in [0.1, 0.15) is 20.3 Å². The highest BCUT2D eigenvalue weighted by Crippen LogP contribution is 2.14. The molecule has 0 heterocycles. The molecule has 1 aliphatic carbocycles. The molecule has 1 heteroatoms. The molecule has 13 heavy (non-hydrogen) atoms. The quantitative estimate of drug-likeness (QED) is 0.560. The van der Waals surface area contributed by atoms with E-state index in [1.807, 2.05) is 21.0 Å². The monoisotopic (exact) mass is 177 g/mol. The maximum absolute atomic E-state index is 3.03. The first-order valence-electron chi connectivity index (χ1n) is 4.64. The molecule has 1 atom stereocenters. The molecule has 0 aliphatic heterocycles. The number of rotatable bonds is 0. The fraction of sp³-hybridized carbons (Fsp3) is 0.500. The Morgan fingerprint density at radius 3 is 2.46 bits per heavy atom. The molecule has 72 valence electrons. The topological polar surface area (TPSA) is 12.0 Å². The van der Waals surface area contributed by atoms with Gasteiger partial charge in [-0.1, -0.05) is 31.1 Å². The summed E-state index contributed by atoms with van der Waals surface area (Å²) in [5.41, 5.74) is 1.17. The Hall–Kier alpha value is -1.00. The van der Waals surface area contributed by atoms with Gasteiger partial charge in [0.05, 0.1) is 0 Å². The lowest BCUT2D eigenvalue weighted by Crippen LogP contribution is -1.92. The van der Waals surface area contributed by atoms with Gasteiger partial charge in [-0.2, -0.15) is 0 Å². The van der Waals surface area contributed by atoms with Crippen molar-refractivity contribution < 1.29 is 0 Å². The van der Waals surface area contributed by atoms with E-state index in [9.17, 15) is 0 Å². The minimum Gasteiger partial charge on any atom is -0.323 e. The molecule has 0 saturated heterocycles. The number of allylic oxidation sites excluding steroid dienone is 4. The molecular formula is C12H19N. The fourth-order valence-corrected chi connectivity index (χ4v) is 0.964. The standard InChI is InChI=1S/C10H12.C2H7N/c1-3-4-10-7-5-9(2)6-8-10;1-3-2/h5,7-9H,6H2,1-2H3;3H,1-2H3. The Kier molecular flexibility index (Phi) is 7.05. The van der Waals surface area contributed by atoms with E-state index in [-0.39, 0.29) is 0 Å². The summed E-state index contributed by atoms with van der Waals surface area (Å²) in [5, 5.41) is 2.75. The molecule has 1 unspecified atom stereocenters. The van der Waals surface area contributed by atoms with Crippen molar-refractivity contribution in [1.82, 2.24) is 5.32 Å². The molecule has 0 aromatic carbocycles. The predicted molar refractivity (Wildman–Crippen MR) is 59.4 cm³/mol. The van der Waals surface area contributed by atoms with Crippen LogP contribution in [0.25, 0.3) is 0 Å². The largest absolute Gasteiger partial charge is 0.323 e. The lowest BCUT2D eigenvalue weighted by molar-refractivity contribution is 0.734. The van der Waals surface area contributed by atoms with Crippen molar-refractivity contribution >= 4 is 0 Å². The van der Waals surface area contributed by atoms with Crippen molar-refractivity contribution in [2.45, 2.75) is 20.3 Å². The number of nitrogens with one attached hydrogen (secondary N) is 1. The summed E-state index contributed by atoms with van der Waals surface area (Å²) >= 11 is 0. The minimum atomic E-state index is 0.697. The molecule has 1 N–H and O–H groups in total. The van der Waals surface area contributed by atoms with Crippen LogP contribution in [0.2, 0.25) is 0 Å². The zero-order chi connectivity index (χ0) is 10.1. The van der Waals surface area contributed by atoms with Gasteiger partial charge in [0, 0.05) is 5.57 Å². The second-order valence-electron chi connectivity index (χ2n) is 3.11. The van der Waals surface area contributed by atoms with Crippen LogP contribution in [0.4, 0.5) is 0 Å². The van der Waals surface area contributed by atoms with Gasteiger partial charge in [0.25, 0.3) is 0 Å². The van der Waals surface area contributed by atoms with Crippen molar-refractivity contribution in [3.05, 3.63) is 23.8 Å².